The third kappa shape index (κ3) is 6.91. The van der Waals surface area contributed by atoms with Gasteiger partial charge in [0.25, 0.3) is 6.48 Å². The molecule has 0 unspecified atom stereocenters. The van der Waals surface area contributed by atoms with E-state index in [4.69, 9.17) is 13.9 Å². The summed E-state index contributed by atoms with van der Waals surface area (Å²) >= 11 is 0. The van der Waals surface area contributed by atoms with Crippen molar-refractivity contribution in [2.45, 2.75) is 58.8 Å². The minimum Gasteiger partial charge on any atom is -0.379 e. The van der Waals surface area contributed by atoms with Gasteiger partial charge in [0.1, 0.15) is 0 Å². The van der Waals surface area contributed by atoms with Crippen molar-refractivity contribution >= 4 is 9.76 Å². The summed E-state index contributed by atoms with van der Waals surface area (Å²) in [5.74, 6) is -3.77. The molecule has 1 aromatic carbocycles. The van der Waals surface area contributed by atoms with E-state index in [1.807, 2.05) is 27.7 Å². The van der Waals surface area contributed by atoms with E-state index in [2.05, 4.69) is 0 Å². The Balaban J connectivity index is 2.42. The highest BCUT2D eigenvalue weighted by atomic mass is 28.2. The maximum Gasteiger partial charge on any atom is 0.262 e. The number of aryl methyl sites for hydroxylation is 1. The minimum atomic E-state index is -1.44. The topological polar surface area (TPSA) is 27.7 Å². The number of hydrogen-bond donors (Lipinski definition) is 0. The van der Waals surface area contributed by atoms with Crippen molar-refractivity contribution in [3.05, 3.63) is 35.1 Å². The lowest BCUT2D eigenvalue weighted by Gasteiger charge is -2.23. The van der Waals surface area contributed by atoms with Crippen LogP contribution in [0.2, 0.25) is 6.04 Å². The van der Waals surface area contributed by atoms with Gasteiger partial charge in [-0.15, -0.1) is 0 Å². The van der Waals surface area contributed by atoms with Crippen molar-refractivity contribution in [3.63, 3.8) is 0 Å². The smallest absolute Gasteiger partial charge is 0.262 e. The highest BCUT2D eigenvalue weighted by molar-refractivity contribution is 6.27. The number of rotatable bonds is 9. The van der Waals surface area contributed by atoms with Crippen LogP contribution in [-0.4, -0.2) is 28.4 Å². The fourth-order valence-corrected chi connectivity index (χ4v) is 2.83. The van der Waals surface area contributed by atoms with Crippen molar-refractivity contribution in [1.82, 2.24) is 0 Å². The summed E-state index contributed by atoms with van der Waals surface area (Å²) in [5.41, 5.74) is 0.415. The van der Waals surface area contributed by atoms with E-state index < -0.39 is 33.7 Å². The Morgan fingerprint density at radius 3 is 1.91 bits per heavy atom. The van der Waals surface area contributed by atoms with Crippen LogP contribution in [0.3, 0.4) is 0 Å². The minimum absolute atomic E-state index is 0.0296. The van der Waals surface area contributed by atoms with Crippen molar-refractivity contribution in [2.24, 2.45) is 0 Å². The van der Waals surface area contributed by atoms with Gasteiger partial charge in [-0.1, -0.05) is 0 Å². The second-order valence-electron chi connectivity index (χ2n) is 5.51. The normalized spacial score (nSPS) is 12.5. The van der Waals surface area contributed by atoms with Crippen LogP contribution in [0.25, 0.3) is 0 Å². The van der Waals surface area contributed by atoms with Crippen molar-refractivity contribution in [1.29, 1.82) is 0 Å². The van der Waals surface area contributed by atoms with Gasteiger partial charge in [-0.2, -0.15) is 0 Å². The first-order valence-corrected chi connectivity index (χ1v) is 8.93. The molecule has 0 saturated carbocycles. The molecule has 1 aromatic rings. The van der Waals surface area contributed by atoms with Gasteiger partial charge in [-0.25, -0.2) is 13.2 Å². The summed E-state index contributed by atoms with van der Waals surface area (Å²) in [7, 11) is -0.989. The molecule has 0 atom stereocenters. The second kappa shape index (κ2) is 9.29. The van der Waals surface area contributed by atoms with Gasteiger partial charge < -0.3 is 13.9 Å². The molecule has 0 aliphatic heterocycles. The number of ether oxygens (including phenoxy) is 2. The largest absolute Gasteiger partial charge is 0.379 e. The van der Waals surface area contributed by atoms with Crippen LogP contribution in [0.1, 0.15) is 33.3 Å². The summed E-state index contributed by atoms with van der Waals surface area (Å²) in [6, 6.07) is 2.67. The first kappa shape index (κ1) is 19.2. The molecule has 0 spiro atoms. The molecule has 0 saturated heterocycles. The van der Waals surface area contributed by atoms with E-state index in [9.17, 15) is 13.2 Å². The summed E-state index contributed by atoms with van der Waals surface area (Å²) in [4.78, 5) is 0. The van der Waals surface area contributed by atoms with Crippen molar-refractivity contribution in [2.75, 3.05) is 0 Å². The van der Waals surface area contributed by atoms with Gasteiger partial charge in [0.2, 0.25) is 0 Å². The molecular weight excluding hydrogens is 313 g/mol. The van der Waals surface area contributed by atoms with Crippen LogP contribution in [-0.2, 0) is 20.3 Å². The quantitative estimate of drug-likeness (QED) is 0.300. The third-order valence-corrected chi connectivity index (χ3v) is 3.82. The third-order valence-electron chi connectivity index (χ3n) is 2.67. The standard InChI is InChI=1S/C15H23F3O3Si/c1-9(2)19-15(20-10(3)4)21-22-6-5-11-7-12(16)14(18)13(17)8-11/h7-10,15H,5-6,22H2,1-4H3. The van der Waals surface area contributed by atoms with Gasteiger partial charge in [-0.05, 0) is 57.9 Å². The van der Waals surface area contributed by atoms with Gasteiger partial charge in [0.15, 0.2) is 27.2 Å². The van der Waals surface area contributed by atoms with Crippen LogP contribution in [0.15, 0.2) is 12.1 Å². The molecule has 0 N–H and O–H groups in total. The molecule has 22 heavy (non-hydrogen) atoms. The lowest BCUT2D eigenvalue weighted by molar-refractivity contribution is -0.275. The van der Waals surface area contributed by atoms with Crippen LogP contribution >= 0.6 is 0 Å². The van der Waals surface area contributed by atoms with Gasteiger partial charge in [0.05, 0.1) is 12.2 Å². The van der Waals surface area contributed by atoms with Crippen LogP contribution in [0.5, 0.6) is 0 Å². The molecule has 0 bridgehead atoms. The second-order valence-corrected chi connectivity index (χ2v) is 6.95. The van der Waals surface area contributed by atoms with Crippen LogP contribution in [0.4, 0.5) is 13.2 Å². The monoisotopic (exact) mass is 336 g/mol. The van der Waals surface area contributed by atoms with E-state index in [-0.39, 0.29) is 12.2 Å². The first-order valence-electron chi connectivity index (χ1n) is 7.35. The SMILES string of the molecule is CC(C)OC(O[SiH2]CCc1cc(F)c(F)c(F)c1)OC(C)C. The molecule has 0 aliphatic carbocycles. The molecule has 126 valence electrons. The first-order chi connectivity index (χ1) is 10.3. The number of benzene rings is 1. The van der Waals surface area contributed by atoms with E-state index in [1.165, 1.54) is 0 Å². The molecular formula is C15H23F3O3Si. The van der Waals surface area contributed by atoms with E-state index in [0.717, 1.165) is 12.1 Å². The molecule has 0 amide bonds. The summed E-state index contributed by atoms with van der Waals surface area (Å²) in [6.07, 6.45) is 0.368. The van der Waals surface area contributed by atoms with Gasteiger partial charge in [-0.3, -0.25) is 0 Å². The van der Waals surface area contributed by atoms with Crippen LogP contribution < -0.4 is 0 Å². The molecule has 0 aromatic heterocycles. The van der Waals surface area contributed by atoms with Crippen molar-refractivity contribution in [3.8, 4) is 0 Å². The molecule has 0 radical (unpaired) electrons. The van der Waals surface area contributed by atoms with Crippen LogP contribution in [0, 0.1) is 17.5 Å². The fraction of sp³-hybridized carbons (Fsp3) is 0.600. The molecule has 0 aliphatic rings. The molecule has 3 nitrogen and oxygen atoms in total. The van der Waals surface area contributed by atoms with Gasteiger partial charge in [0, 0.05) is 0 Å². The Morgan fingerprint density at radius 1 is 0.955 bits per heavy atom. The number of hydrogen-bond acceptors (Lipinski definition) is 3. The van der Waals surface area contributed by atoms with E-state index in [0.29, 0.717) is 18.0 Å². The summed E-state index contributed by atoms with van der Waals surface area (Å²) < 4.78 is 55.6. The summed E-state index contributed by atoms with van der Waals surface area (Å²) in [5, 5.41) is 0. The summed E-state index contributed by atoms with van der Waals surface area (Å²) in [6.45, 7) is 6.81. The molecule has 0 fully saturated rings. The maximum atomic E-state index is 13.1. The Labute approximate surface area is 131 Å². The highest BCUT2D eigenvalue weighted by Crippen LogP contribution is 2.15. The van der Waals surface area contributed by atoms with Crippen molar-refractivity contribution < 1.29 is 27.1 Å². The Bertz CT molecular complexity index is 436. The maximum absolute atomic E-state index is 13.1. The average Bonchev–Trinajstić information content (AvgIpc) is 2.39. The predicted molar refractivity (Wildman–Crippen MR) is 80.7 cm³/mol. The zero-order valence-electron chi connectivity index (χ0n) is 13.4. The molecule has 0 heterocycles. The average molecular weight is 336 g/mol. The van der Waals surface area contributed by atoms with E-state index in [1.54, 1.807) is 0 Å². The Morgan fingerprint density at radius 2 is 1.45 bits per heavy atom. The molecule has 1 rings (SSSR count). The lowest BCUT2D eigenvalue weighted by atomic mass is 10.1. The number of halogens is 3. The Hall–Kier alpha value is -0.893. The van der Waals surface area contributed by atoms with E-state index >= 15 is 0 Å². The predicted octanol–water partition coefficient (Wildman–Crippen LogP) is 3.30. The lowest BCUT2D eigenvalue weighted by Crippen LogP contribution is -2.28. The van der Waals surface area contributed by atoms with Gasteiger partial charge >= 0.3 is 0 Å². The zero-order chi connectivity index (χ0) is 16.7. The highest BCUT2D eigenvalue weighted by Gasteiger charge is 2.14. The zero-order valence-corrected chi connectivity index (χ0v) is 14.8. The molecule has 7 heteroatoms. The fourth-order valence-electron chi connectivity index (χ4n) is 1.76. The Kier molecular flexibility index (Phi) is 8.09.